The average molecular weight is 366 g/mol. The second-order valence-electron chi connectivity index (χ2n) is 7.57. The number of halogens is 1. The van der Waals surface area contributed by atoms with E-state index in [4.69, 9.17) is 4.74 Å². The van der Waals surface area contributed by atoms with Crippen molar-refractivity contribution in [2.75, 3.05) is 44.8 Å². The number of ether oxygens (including phenoxy) is 1. The van der Waals surface area contributed by atoms with Crippen LogP contribution in [0.25, 0.3) is 10.9 Å². The third-order valence-corrected chi connectivity index (χ3v) is 5.74. The zero-order valence-electron chi connectivity index (χ0n) is 15.4. The fraction of sp³-hybridized carbons (Fsp3) is 0.381. The highest BCUT2D eigenvalue weighted by atomic mass is 19.1. The molecule has 1 unspecified atom stereocenters. The second kappa shape index (κ2) is 6.62. The number of anilines is 1. The summed E-state index contributed by atoms with van der Waals surface area (Å²) in [4.78, 5) is 4.69. The monoisotopic (exact) mass is 366 g/mol. The van der Waals surface area contributed by atoms with Crippen molar-refractivity contribution in [3.63, 3.8) is 0 Å². The first-order valence-corrected chi connectivity index (χ1v) is 9.45. The van der Waals surface area contributed by atoms with Crippen molar-refractivity contribution in [2.45, 2.75) is 12.5 Å². The van der Waals surface area contributed by atoms with Crippen LogP contribution in [0.2, 0.25) is 0 Å². The SMILES string of the molecule is CN1Cc2cc(N3CCOCC3)ccc2C(c2cc(F)c3[nH]ncc3c2)C1. The maximum Gasteiger partial charge on any atom is 0.149 e. The third-order valence-electron chi connectivity index (χ3n) is 5.74. The van der Waals surface area contributed by atoms with Crippen LogP contribution in [-0.2, 0) is 11.3 Å². The van der Waals surface area contributed by atoms with Gasteiger partial charge in [0.25, 0.3) is 0 Å². The Bertz CT molecular complexity index is 979. The molecule has 5 rings (SSSR count). The van der Waals surface area contributed by atoms with Crippen molar-refractivity contribution in [3.05, 3.63) is 59.0 Å². The zero-order chi connectivity index (χ0) is 18.4. The number of fused-ring (bicyclic) bond motifs is 2. The summed E-state index contributed by atoms with van der Waals surface area (Å²) in [6, 6.07) is 10.5. The molecule has 140 valence electrons. The molecule has 0 saturated carbocycles. The normalized spacial score (nSPS) is 20.8. The number of aromatic nitrogens is 2. The highest BCUT2D eigenvalue weighted by Gasteiger charge is 2.27. The molecule has 2 aromatic carbocycles. The molecule has 0 bridgehead atoms. The lowest BCUT2D eigenvalue weighted by atomic mass is 9.84. The van der Waals surface area contributed by atoms with Gasteiger partial charge in [-0.1, -0.05) is 6.07 Å². The summed E-state index contributed by atoms with van der Waals surface area (Å²) in [7, 11) is 2.13. The lowest BCUT2D eigenvalue weighted by molar-refractivity contribution is 0.122. The number of rotatable bonds is 2. The third kappa shape index (κ3) is 2.99. The molecule has 2 aliphatic heterocycles. The molecule has 1 atom stereocenters. The van der Waals surface area contributed by atoms with Gasteiger partial charge in [-0.15, -0.1) is 0 Å². The molecule has 1 aromatic heterocycles. The minimum Gasteiger partial charge on any atom is -0.378 e. The van der Waals surface area contributed by atoms with Gasteiger partial charge in [0.2, 0.25) is 0 Å². The molecule has 2 aliphatic rings. The minimum absolute atomic E-state index is 0.159. The molecule has 1 saturated heterocycles. The predicted octanol–water partition coefficient (Wildman–Crippen LogP) is 3.12. The Morgan fingerprint density at radius 1 is 1.19 bits per heavy atom. The molecule has 0 amide bonds. The molecule has 1 N–H and O–H groups in total. The summed E-state index contributed by atoms with van der Waals surface area (Å²) in [5, 5.41) is 7.54. The number of morpholine rings is 1. The molecule has 6 heteroatoms. The Balaban J connectivity index is 1.55. The van der Waals surface area contributed by atoms with Crippen LogP contribution >= 0.6 is 0 Å². The molecular weight excluding hydrogens is 343 g/mol. The van der Waals surface area contributed by atoms with Gasteiger partial charge in [-0.2, -0.15) is 5.10 Å². The highest BCUT2D eigenvalue weighted by Crippen LogP contribution is 2.36. The minimum atomic E-state index is -0.236. The van der Waals surface area contributed by atoms with Crippen LogP contribution in [0.15, 0.2) is 36.5 Å². The van der Waals surface area contributed by atoms with Gasteiger partial charge in [0.05, 0.1) is 19.4 Å². The van der Waals surface area contributed by atoms with E-state index in [1.54, 1.807) is 12.3 Å². The Hall–Kier alpha value is -2.44. The Kier molecular flexibility index (Phi) is 4.10. The zero-order valence-corrected chi connectivity index (χ0v) is 15.4. The molecule has 3 heterocycles. The maximum absolute atomic E-state index is 14.5. The van der Waals surface area contributed by atoms with Gasteiger partial charge < -0.3 is 14.5 Å². The van der Waals surface area contributed by atoms with Crippen molar-refractivity contribution in [3.8, 4) is 0 Å². The first kappa shape index (κ1) is 16.7. The van der Waals surface area contributed by atoms with Gasteiger partial charge in [-0.3, -0.25) is 5.10 Å². The highest BCUT2D eigenvalue weighted by molar-refractivity contribution is 5.79. The van der Waals surface area contributed by atoms with E-state index in [0.29, 0.717) is 5.52 Å². The summed E-state index contributed by atoms with van der Waals surface area (Å²) in [6.45, 7) is 5.22. The fourth-order valence-corrected chi connectivity index (χ4v) is 4.37. The Labute approximate surface area is 157 Å². The van der Waals surface area contributed by atoms with Gasteiger partial charge in [-0.05, 0) is 48.0 Å². The van der Waals surface area contributed by atoms with E-state index in [-0.39, 0.29) is 11.7 Å². The van der Waals surface area contributed by atoms with Crippen LogP contribution in [0.1, 0.15) is 22.6 Å². The quantitative estimate of drug-likeness (QED) is 0.757. The van der Waals surface area contributed by atoms with Gasteiger partial charge in [-0.25, -0.2) is 4.39 Å². The Morgan fingerprint density at radius 3 is 2.89 bits per heavy atom. The number of H-pyrrole nitrogens is 1. The van der Waals surface area contributed by atoms with E-state index in [1.807, 2.05) is 0 Å². The van der Waals surface area contributed by atoms with E-state index in [1.165, 1.54) is 16.8 Å². The van der Waals surface area contributed by atoms with Gasteiger partial charge >= 0.3 is 0 Å². The van der Waals surface area contributed by atoms with Crippen LogP contribution in [0.3, 0.4) is 0 Å². The molecule has 5 nitrogen and oxygen atoms in total. The van der Waals surface area contributed by atoms with E-state index >= 15 is 0 Å². The first-order valence-electron chi connectivity index (χ1n) is 9.45. The van der Waals surface area contributed by atoms with Gasteiger partial charge in [0, 0.05) is 43.2 Å². The molecule has 3 aromatic rings. The van der Waals surface area contributed by atoms with Crippen LogP contribution < -0.4 is 4.90 Å². The van der Waals surface area contributed by atoms with E-state index in [0.717, 1.165) is 50.3 Å². The molecule has 0 radical (unpaired) electrons. The largest absolute Gasteiger partial charge is 0.378 e. The lowest BCUT2D eigenvalue weighted by Crippen LogP contribution is -2.36. The number of nitrogens with one attached hydrogen (secondary N) is 1. The van der Waals surface area contributed by atoms with Crippen LogP contribution in [0.4, 0.5) is 10.1 Å². The maximum atomic E-state index is 14.5. The molecule has 27 heavy (non-hydrogen) atoms. The van der Waals surface area contributed by atoms with Crippen LogP contribution in [0, 0.1) is 5.82 Å². The summed E-state index contributed by atoms with van der Waals surface area (Å²) < 4.78 is 20.0. The number of likely N-dealkylation sites (N-methyl/N-ethyl adjacent to an activating group) is 1. The summed E-state index contributed by atoms with van der Waals surface area (Å²) in [6.07, 6.45) is 1.69. The lowest BCUT2D eigenvalue weighted by Gasteiger charge is -2.35. The number of aromatic amines is 1. The summed E-state index contributed by atoms with van der Waals surface area (Å²) in [5.41, 5.74) is 5.36. The topological polar surface area (TPSA) is 44.4 Å². The smallest absolute Gasteiger partial charge is 0.149 e. The second-order valence-corrected chi connectivity index (χ2v) is 7.57. The molecular formula is C21H23FN4O. The molecule has 0 spiro atoms. The van der Waals surface area contributed by atoms with Gasteiger partial charge in [0.15, 0.2) is 0 Å². The van der Waals surface area contributed by atoms with E-state index in [9.17, 15) is 4.39 Å². The van der Waals surface area contributed by atoms with Crippen LogP contribution in [0.5, 0.6) is 0 Å². The van der Waals surface area contributed by atoms with E-state index < -0.39 is 0 Å². The Morgan fingerprint density at radius 2 is 2.04 bits per heavy atom. The van der Waals surface area contributed by atoms with E-state index in [2.05, 4.69) is 51.3 Å². The molecule has 0 aliphatic carbocycles. The van der Waals surface area contributed by atoms with Crippen molar-refractivity contribution in [1.29, 1.82) is 0 Å². The number of hydrogen-bond donors (Lipinski definition) is 1. The van der Waals surface area contributed by atoms with Crippen molar-refractivity contribution in [2.24, 2.45) is 0 Å². The first-order chi connectivity index (χ1) is 13.2. The summed E-state index contributed by atoms with van der Waals surface area (Å²) in [5.74, 6) is -0.0778. The van der Waals surface area contributed by atoms with Crippen molar-refractivity contribution < 1.29 is 9.13 Å². The fourth-order valence-electron chi connectivity index (χ4n) is 4.37. The number of nitrogens with zero attached hydrogens (tertiary/aromatic N) is 3. The van der Waals surface area contributed by atoms with Crippen LogP contribution in [-0.4, -0.2) is 55.0 Å². The molecule has 1 fully saturated rings. The van der Waals surface area contributed by atoms with Crippen molar-refractivity contribution >= 4 is 16.6 Å². The standard InChI is InChI=1S/C21H23FN4O/c1-25-12-16-9-17(26-4-6-27-7-5-26)2-3-18(16)19(13-25)14-8-15-11-23-24-21(15)20(22)10-14/h2-3,8-11,19H,4-7,12-13H2,1H3,(H,23,24). The van der Waals surface area contributed by atoms with Gasteiger partial charge in [0.1, 0.15) is 11.3 Å². The summed E-state index contributed by atoms with van der Waals surface area (Å²) >= 11 is 0. The van der Waals surface area contributed by atoms with Crippen molar-refractivity contribution in [1.82, 2.24) is 15.1 Å². The number of hydrogen-bond acceptors (Lipinski definition) is 4. The predicted molar refractivity (Wildman–Crippen MR) is 104 cm³/mol. The average Bonchev–Trinajstić information content (AvgIpc) is 3.17. The number of benzene rings is 2.